The van der Waals surface area contributed by atoms with Crippen LogP contribution >= 0.6 is 11.3 Å². The lowest BCUT2D eigenvalue weighted by Crippen LogP contribution is -1.90. The minimum Gasteiger partial charge on any atom is -0.456 e. The van der Waals surface area contributed by atoms with Gasteiger partial charge >= 0.3 is 0 Å². The second-order valence-corrected chi connectivity index (χ2v) is 11.0. The topological polar surface area (TPSA) is 25.2 Å². The number of benzene rings is 6. The quantitative estimate of drug-likeness (QED) is 0.251. The summed E-state index contributed by atoms with van der Waals surface area (Å²) in [5.41, 5.74) is 8.80. The van der Waals surface area contributed by atoms with Crippen molar-refractivity contribution in [1.82, 2.24) is 0 Å². The Hall–Kier alpha value is -4.86. The average Bonchev–Trinajstić information content (AvgIpc) is 3.55. The largest absolute Gasteiger partial charge is 0.456 e. The first-order valence-corrected chi connectivity index (χ1v) is 13.9. The summed E-state index contributed by atoms with van der Waals surface area (Å²) in [5, 5.41) is 8.51. The van der Waals surface area contributed by atoms with E-state index in [1.807, 2.05) is 23.5 Å². The van der Waals surface area contributed by atoms with Crippen LogP contribution in [-0.2, 0) is 0 Å². The number of anilines is 2. The molecule has 2 aromatic heterocycles. The zero-order chi connectivity index (χ0) is 25.8. The Balaban J connectivity index is 1.03. The van der Waals surface area contributed by atoms with Gasteiger partial charge in [-0.15, -0.1) is 11.3 Å². The summed E-state index contributed by atoms with van der Waals surface area (Å²) in [6.07, 6.45) is 0. The first-order chi connectivity index (χ1) is 19.3. The molecule has 0 aliphatic carbocycles. The fourth-order valence-corrected chi connectivity index (χ4v) is 6.56. The summed E-state index contributed by atoms with van der Waals surface area (Å²) < 4.78 is 8.66. The van der Waals surface area contributed by atoms with Crippen LogP contribution in [0, 0.1) is 0 Å². The van der Waals surface area contributed by atoms with Crippen LogP contribution in [0.4, 0.5) is 11.4 Å². The minimum atomic E-state index is 0.922. The van der Waals surface area contributed by atoms with E-state index in [2.05, 4.69) is 127 Å². The van der Waals surface area contributed by atoms with Crippen LogP contribution in [0.3, 0.4) is 0 Å². The van der Waals surface area contributed by atoms with Crippen molar-refractivity contribution < 1.29 is 4.42 Å². The van der Waals surface area contributed by atoms with Crippen molar-refractivity contribution in [3.8, 4) is 22.3 Å². The van der Waals surface area contributed by atoms with Gasteiger partial charge in [-0.2, -0.15) is 0 Å². The number of rotatable bonds is 4. The summed E-state index contributed by atoms with van der Waals surface area (Å²) in [7, 11) is 0. The predicted octanol–water partition coefficient (Wildman–Crippen LogP) is 11.0. The van der Waals surface area contributed by atoms with Crippen LogP contribution in [-0.4, -0.2) is 0 Å². The molecule has 6 aromatic carbocycles. The highest BCUT2D eigenvalue weighted by Gasteiger charge is 2.09. The van der Waals surface area contributed by atoms with Gasteiger partial charge in [-0.3, -0.25) is 0 Å². The normalized spacial score (nSPS) is 11.6. The third-order valence-corrected chi connectivity index (χ3v) is 8.63. The second-order valence-electron chi connectivity index (χ2n) is 9.90. The summed E-state index contributed by atoms with van der Waals surface area (Å²) in [6.45, 7) is 0. The summed E-state index contributed by atoms with van der Waals surface area (Å²) in [5.74, 6) is 0. The average molecular weight is 518 g/mol. The monoisotopic (exact) mass is 517 g/mol. The van der Waals surface area contributed by atoms with E-state index in [1.165, 1.54) is 42.4 Å². The lowest BCUT2D eigenvalue weighted by Gasteiger charge is -2.09. The van der Waals surface area contributed by atoms with Gasteiger partial charge in [0.15, 0.2) is 0 Å². The van der Waals surface area contributed by atoms with E-state index in [-0.39, 0.29) is 0 Å². The number of nitrogens with one attached hydrogen (secondary N) is 1. The van der Waals surface area contributed by atoms with E-state index in [1.54, 1.807) is 0 Å². The SMILES string of the molecule is c1ccc2c(c1)oc1ccc(-c3ccc(Nc4ccc(-c5ccc6sc7ccccc7c6c5)cc4)cc3)cc12. The first kappa shape index (κ1) is 22.2. The molecule has 0 aliphatic heterocycles. The van der Waals surface area contributed by atoms with E-state index in [0.717, 1.165) is 33.3 Å². The Morgan fingerprint density at radius 2 is 0.949 bits per heavy atom. The maximum absolute atomic E-state index is 5.99. The molecule has 0 saturated heterocycles. The smallest absolute Gasteiger partial charge is 0.135 e. The van der Waals surface area contributed by atoms with Crippen molar-refractivity contribution in [2.75, 3.05) is 5.32 Å². The summed E-state index contributed by atoms with van der Waals surface area (Å²) in [6, 6.07) is 47.3. The molecule has 39 heavy (non-hydrogen) atoms. The molecule has 2 heterocycles. The van der Waals surface area contributed by atoms with Crippen molar-refractivity contribution in [2.45, 2.75) is 0 Å². The first-order valence-electron chi connectivity index (χ1n) is 13.1. The van der Waals surface area contributed by atoms with Gasteiger partial charge in [0, 0.05) is 42.3 Å². The Kier molecular flexibility index (Phi) is 5.04. The van der Waals surface area contributed by atoms with Gasteiger partial charge in [-0.1, -0.05) is 72.8 Å². The van der Waals surface area contributed by atoms with Crippen LogP contribution in [0.1, 0.15) is 0 Å². The number of fused-ring (bicyclic) bond motifs is 6. The van der Waals surface area contributed by atoms with Gasteiger partial charge in [0.2, 0.25) is 0 Å². The minimum absolute atomic E-state index is 0.922. The third kappa shape index (κ3) is 3.87. The molecule has 0 aliphatic rings. The van der Waals surface area contributed by atoms with Gasteiger partial charge in [0.05, 0.1) is 0 Å². The van der Waals surface area contributed by atoms with E-state index >= 15 is 0 Å². The van der Waals surface area contributed by atoms with Crippen molar-refractivity contribution in [3.05, 3.63) is 133 Å². The van der Waals surface area contributed by atoms with Crippen molar-refractivity contribution in [3.63, 3.8) is 0 Å². The van der Waals surface area contributed by atoms with Crippen LogP contribution in [0.2, 0.25) is 0 Å². The number of hydrogen-bond acceptors (Lipinski definition) is 3. The zero-order valence-electron chi connectivity index (χ0n) is 21.0. The van der Waals surface area contributed by atoms with Gasteiger partial charge in [-0.05, 0) is 82.9 Å². The lowest BCUT2D eigenvalue weighted by atomic mass is 10.0. The van der Waals surface area contributed by atoms with Crippen molar-refractivity contribution >= 4 is 64.8 Å². The Morgan fingerprint density at radius 1 is 0.410 bits per heavy atom. The van der Waals surface area contributed by atoms with Gasteiger partial charge in [0.25, 0.3) is 0 Å². The molecule has 184 valence electrons. The predicted molar refractivity (Wildman–Crippen MR) is 167 cm³/mol. The Bertz CT molecular complexity index is 1980. The van der Waals surface area contributed by atoms with Crippen LogP contribution in [0.25, 0.3) is 64.4 Å². The number of thiophene rings is 1. The molecule has 0 spiro atoms. The maximum Gasteiger partial charge on any atom is 0.135 e. The highest BCUT2D eigenvalue weighted by Crippen LogP contribution is 2.37. The fourth-order valence-electron chi connectivity index (χ4n) is 5.47. The number of para-hydroxylation sites is 1. The van der Waals surface area contributed by atoms with Gasteiger partial charge in [0.1, 0.15) is 11.2 Å². The standard InChI is InChI=1S/C36H23NOS/c1-3-7-33-29(5-1)31-21-25(13-19-34(31)38-33)23-9-15-27(16-10-23)37-28-17-11-24(12-18-28)26-14-20-36-32(22-26)30-6-2-4-8-35(30)39-36/h1-22,37H. The molecular formula is C36H23NOS. The molecule has 1 N–H and O–H groups in total. The number of furan rings is 1. The second kappa shape index (κ2) is 8.87. The van der Waals surface area contributed by atoms with Crippen LogP contribution in [0.15, 0.2) is 138 Å². The Labute approximate surface area is 229 Å². The molecule has 8 aromatic rings. The van der Waals surface area contributed by atoms with Gasteiger partial charge < -0.3 is 9.73 Å². The van der Waals surface area contributed by atoms with Crippen LogP contribution < -0.4 is 5.32 Å². The van der Waals surface area contributed by atoms with Crippen molar-refractivity contribution in [1.29, 1.82) is 0 Å². The molecule has 0 unspecified atom stereocenters. The summed E-state index contributed by atoms with van der Waals surface area (Å²) >= 11 is 1.86. The summed E-state index contributed by atoms with van der Waals surface area (Å²) in [4.78, 5) is 0. The van der Waals surface area contributed by atoms with E-state index < -0.39 is 0 Å². The van der Waals surface area contributed by atoms with Gasteiger partial charge in [-0.25, -0.2) is 0 Å². The maximum atomic E-state index is 5.99. The van der Waals surface area contributed by atoms with Crippen LogP contribution in [0.5, 0.6) is 0 Å². The molecule has 0 bridgehead atoms. The molecule has 0 atom stereocenters. The Morgan fingerprint density at radius 3 is 1.69 bits per heavy atom. The number of hydrogen-bond donors (Lipinski definition) is 1. The van der Waals surface area contributed by atoms with Crippen molar-refractivity contribution in [2.24, 2.45) is 0 Å². The molecule has 0 saturated carbocycles. The molecular weight excluding hydrogens is 494 g/mol. The highest BCUT2D eigenvalue weighted by atomic mass is 32.1. The molecule has 8 rings (SSSR count). The highest BCUT2D eigenvalue weighted by molar-refractivity contribution is 7.25. The molecule has 0 radical (unpaired) electrons. The van der Waals surface area contributed by atoms with E-state index in [4.69, 9.17) is 4.42 Å². The fraction of sp³-hybridized carbons (Fsp3) is 0. The molecule has 0 fully saturated rings. The molecule has 2 nitrogen and oxygen atoms in total. The van der Waals surface area contributed by atoms with E-state index in [9.17, 15) is 0 Å². The molecule has 3 heteroatoms. The third-order valence-electron chi connectivity index (χ3n) is 7.48. The molecule has 0 amide bonds. The lowest BCUT2D eigenvalue weighted by molar-refractivity contribution is 0.669. The van der Waals surface area contributed by atoms with E-state index in [0.29, 0.717) is 0 Å². The zero-order valence-corrected chi connectivity index (χ0v) is 21.8.